The van der Waals surface area contributed by atoms with Crippen LogP contribution in [0, 0.1) is 13.8 Å². The van der Waals surface area contributed by atoms with Crippen molar-refractivity contribution >= 4 is 0 Å². The quantitative estimate of drug-likeness (QED) is 0.873. The highest BCUT2D eigenvalue weighted by Crippen LogP contribution is 2.21. The molecule has 2 rings (SSSR count). The van der Waals surface area contributed by atoms with Crippen LogP contribution in [-0.2, 0) is 0 Å². The molecule has 0 aromatic heterocycles. The first kappa shape index (κ1) is 15.6. The maximum atomic E-state index is 10.2. The molecule has 1 unspecified atom stereocenters. The molecule has 2 nitrogen and oxygen atoms in total. The Morgan fingerprint density at radius 1 is 0.905 bits per heavy atom. The van der Waals surface area contributed by atoms with Crippen LogP contribution in [0.3, 0.4) is 0 Å². The summed E-state index contributed by atoms with van der Waals surface area (Å²) in [6, 6.07) is 14.2. The molecule has 0 aliphatic rings. The van der Waals surface area contributed by atoms with Gasteiger partial charge < -0.3 is 9.84 Å². The summed E-state index contributed by atoms with van der Waals surface area (Å²) in [4.78, 5) is 0. The average molecular weight is 284 g/mol. The van der Waals surface area contributed by atoms with E-state index >= 15 is 0 Å². The van der Waals surface area contributed by atoms with Crippen LogP contribution in [0.1, 0.15) is 48.1 Å². The fraction of sp³-hybridized carbons (Fsp3) is 0.368. The first-order valence-electron chi connectivity index (χ1n) is 7.44. The number of aryl methyl sites for hydroxylation is 2. The van der Waals surface area contributed by atoms with Crippen molar-refractivity contribution in [2.75, 3.05) is 6.61 Å². The smallest absolute Gasteiger partial charge is 0.119 e. The first-order chi connectivity index (χ1) is 9.95. The van der Waals surface area contributed by atoms with Crippen molar-refractivity contribution in [2.24, 2.45) is 0 Å². The molecule has 0 heterocycles. The van der Waals surface area contributed by atoms with Gasteiger partial charge in [-0.3, -0.25) is 0 Å². The largest absolute Gasteiger partial charge is 0.491 e. The summed E-state index contributed by atoms with van der Waals surface area (Å²) in [6.07, 6.45) is -0.605. The third-order valence-electron chi connectivity index (χ3n) is 3.59. The summed E-state index contributed by atoms with van der Waals surface area (Å²) >= 11 is 0. The van der Waals surface area contributed by atoms with Gasteiger partial charge in [0.2, 0.25) is 0 Å². The van der Waals surface area contributed by atoms with Crippen LogP contribution < -0.4 is 4.74 Å². The lowest BCUT2D eigenvalue weighted by molar-refractivity contribution is 0.108. The van der Waals surface area contributed by atoms with Gasteiger partial charge in [-0.2, -0.15) is 0 Å². The SMILES string of the molecule is Cc1cc(C)cc(OCC(O)c2ccc(C(C)C)cc2)c1. The molecule has 21 heavy (non-hydrogen) atoms. The van der Waals surface area contributed by atoms with E-state index in [0.29, 0.717) is 5.92 Å². The molecule has 0 aliphatic heterocycles. The molecule has 1 atom stereocenters. The molecule has 112 valence electrons. The highest BCUT2D eigenvalue weighted by Gasteiger charge is 2.09. The molecule has 2 heteroatoms. The lowest BCUT2D eigenvalue weighted by atomic mass is 10.0. The molecule has 0 radical (unpaired) electrons. The van der Waals surface area contributed by atoms with Crippen LogP contribution in [0.15, 0.2) is 42.5 Å². The standard InChI is InChI=1S/C19H24O2/c1-13(2)16-5-7-17(8-6-16)19(20)12-21-18-10-14(3)9-15(4)11-18/h5-11,13,19-20H,12H2,1-4H3. The van der Waals surface area contributed by atoms with Crippen molar-refractivity contribution in [3.8, 4) is 5.75 Å². The average Bonchev–Trinajstić information content (AvgIpc) is 2.44. The second-order valence-electron chi connectivity index (χ2n) is 5.97. The van der Waals surface area contributed by atoms with Crippen molar-refractivity contribution in [3.05, 3.63) is 64.7 Å². The van der Waals surface area contributed by atoms with Crippen molar-refractivity contribution in [3.63, 3.8) is 0 Å². The second-order valence-corrected chi connectivity index (χ2v) is 5.97. The monoisotopic (exact) mass is 284 g/mol. The zero-order valence-corrected chi connectivity index (χ0v) is 13.3. The number of ether oxygens (including phenoxy) is 1. The van der Waals surface area contributed by atoms with Gasteiger partial charge in [0.25, 0.3) is 0 Å². The van der Waals surface area contributed by atoms with Crippen LogP contribution in [0.2, 0.25) is 0 Å². The number of aliphatic hydroxyl groups is 1. The fourth-order valence-electron chi connectivity index (χ4n) is 2.39. The summed E-state index contributed by atoms with van der Waals surface area (Å²) in [5.74, 6) is 1.31. The van der Waals surface area contributed by atoms with Gasteiger partial charge in [-0.1, -0.05) is 44.2 Å². The van der Waals surface area contributed by atoms with Gasteiger partial charge in [0.15, 0.2) is 0 Å². The Labute approximate surface area is 127 Å². The molecule has 2 aromatic rings. The van der Waals surface area contributed by atoms with Gasteiger partial charge in [-0.25, -0.2) is 0 Å². The molecule has 0 spiro atoms. The molecular formula is C19H24O2. The topological polar surface area (TPSA) is 29.5 Å². The van der Waals surface area contributed by atoms with Gasteiger partial charge in [0, 0.05) is 0 Å². The molecular weight excluding hydrogens is 260 g/mol. The predicted molar refractivity (Wildman–Crippen MR) is 86.9 cm³/mol. The summed E-state index contributed by atoms with van der Waals surface area (Å²) in [5.41, 5.74) is 4.51. The van der Waals surface area contributed by atoms with Gasteiger partial charge in [-0.15, -0.1) is 0 Å². The summed E-state index contributed by atoms with van der Waals surface area (Å²) in [5, 5.41) is 10.2. The van der Waals surface area contributed by atoms with E-state index in [2.05, 4.69) is 32.0 Å². The third-order valence-corrected chi connectivity index (χ3v) is 3.59. The second kappa shape index (κ2) is 6.77. The predicted octanol–water partition coefficient (Wildman–Crippen LogP) is 4.54. The van der Waals surface area contributed by atoms with Gasteiger partial charge >= 0.3 is 0 Å². The van der Waals surface area contributed by atoms with E-state index in [9.17, 15) is 5.11 Å². The normalized spacial score (nSPS) is 12.5. The highest BCUT2D eigenvalue weighted by atomic mass is 16.5. The Balaban J connectivity index is 1.99. The Hall–Kier alpha value is -1.80. The molecule has 0 aliphatic carbocycles. The number of hydrogen-bond donors (Lipinski definition) is 1. The van der Waals surface area contributed by atoms with Crippen molar-refractivity contribution < 1.29 is 9.84 Å². The molecule has 1 N–H and O–H groups in total. The Morgan fingerprint density at radius 2 is 1.43 bits per heavy atom. The third kappa shape index (κ3) is 4.33. The van der Waals surface area contributed by atoms with Crippen LogP contribution >= 0.6 is 0 Å². The molecule has 0 amide bonds. The van der Waals surface area contributed by atoms with E-state index in [0.717, 1.165) is 11.3 Å². The summed E-state index contributed by atoms with van der Waals surface area (Å²) in [6.45, 7) is 8.68. The van der Waals surface area contributed by atoms with Crippen molar-refractivity contribution in [1.29, 1.82) is 0 Å². The molecule has 0 fully saturated rings. The van der Waals surface area contributed by atoms with Gasteiger partial charge in [0.05, 0.1) is 0 Å². The van der Waals surface area contributed by atoms with E-state index in [1.807, 2.05) is 38.1 Å². The van der Waals surface area contributed by atoms with Gasteiger partial charge in [0.1, 0.15) is 18.5 Å². The minimum absolute atomic E-state index is 0.268. The van der Waals surface area contributed by atoms with E-state index in [-0.39, 0.29) is 6.61 Å². The molecule has 2 aromatic carbocycles. The molecule has 0 saturated heterocycles. The van der Waals surface area contributed by atoms with E-state index in [1.165, 1.54) is 16.7 Å². The van der Waals surface area contributed by atoms with Crippen LogP contribution in [0.4, 0.5) is 0 Å². The van der Waals surface area contributed by atoms with Crippen molar-refractivity contribution in [1.82, 2.24) is 0 Å². The minimum Gasteiger partial charge on any atom is -0.491 e. The zero-order valence-electron chi connectivity index (χ0n) is 13.3. The highest BCUT2D eigenvalue weighted by molar-refractivity contribution is 5.33. The number of benzene rings is 2. The first-order valence-corrected chi connectivity index (χ1v) is 7.44. The Bertz CT molecular complexity index is 565. The molecule has 0 saturated carbocycles. The maximum absolute atomic E-state index is 10.2. The number of rotatable bonds is 5. The fourth-order valence-corrected chi connectivity index (χ4v) is 2.39. The van der Waals surface area contributed by atoms with E-state index < -0.39 is 6.10 Å². The zero-order chi connectivity index (χ0) is 15.4. The maximum Gasteiger partial charge on any atom is 0.119 e. The number of hydrogen-bond acceptors (Lipinski definition) is 2. The lowest BCUT2D eigenvalue weighted by Crippen LogP contribution is -2.10. The molecule has 0 bridgehead atoms. The lowest BCUT2D eigenvalue weighted by Gasteiger charge is -2.14. The minimum atomic E-state index is -0.605. The summed E-state index contributed by atoms with van der Waals surface area (Å²) < 4.78 is 5.71. The summed E-state index contributed by atoms with van der Waals surface area (Å²) in [7, 11) is 0. The van der Waals surface area contributed by atoms with E-state index in [4.69, 9.17) is 4.74 Å². The van der Waals surface area contributed by atoms with Gasteiger partial charge in [-0.05, 0) is 54.2 Å². The Morgan fingerprint density at radius 3 is 1.95 bits per heavy atom. The number of aliphatic hydroxyl groups excluding tert-OH is 1. The van der Waals surface area contributed by atoms with E-state index in [1.54, 1.807) is 0 Å². The van der Waals surface area contributed by atoms with Crippen LogP contribution in [-0.4, -0.2) is 11.7 Å². The van der Waals surface area contributed by atoms with Crippen LogP contribution in [0.5, 0.6) is 5.75 Å². The van der Waals surface area contributed by atoms with Crippen LogP contribution in [0.25, 0.3) is 0 Å². The van der Waals surface area contributed by atoms with Crippen molar-refractivity contribution in [2.45, 2.75) is 39.7 Å². The Kier molecular flexibility index (Phi) is 5.03.